The number of unbranched alkanes of at least 4 members (excludes halogenated alkanes) is 2. The lowest BCUT2D eigenvalue weighted by Gasteiger charge is -2.29. The Morgan fingerprint density at radius 2 is 0.597 bits per heavy atom. The van der Waals surface area contributed by atoms with E-state index in [1.807, 2.05) is 12.2 Å². The van der Waals surface area contributed by atoms with Crippen LogP contribution in [0.5, 0.6) is 23.0 Å². The van der Waals surface area contributed by atoms with Gasteiger partial charge in [0.2, 0.25) is 0 Å². The molecular formula is C58H80O4. The number of ether oxygens (including phenoxy) is 4. The van der Waals surface area contributed by atoms with E-state index in [0.717, 1.165) is 70.9 Å². The van der Waals surface area contributed by atoms with E-state index < -0.39 is 0 Å². The summed E-state index contributed by atoms with van der Waals surface area (Å²) in [6, 6.07) is 19.2. The van der Waals surface area contributed by atoms with E-state index in [0.29, 0.717) is 52.1 Å². The van der Waals surface area contributed by atoms with Crippen molar-refractivity contribution in [1.29, 1.82) is 0 Å². The molecule has 336 valence electrons. The maximum absolute atomic E-state index is 7.01. The molecular weight excluding hydrogens is 761 g/mol. The summed E-state index contributed by atoms with van der Waals surface area (Å²) in [5.74, 6) is 3.80. The molecule has 5 rings (SSSR count). The smallest absolute Gasteiger partial charge is 0.126 e. The topological polar surface area (TPSA) is 36.9 Å². The Bertz CT molecular complexity index is 1940. The van der Waals surface area contributed by atoms with Crippen LogP contribution in [0.2, 0.25) is 0 Å². The van der Waals surface area contributed by atoms with Crippen LogP contribution in [0.3, 0.4) is 0 Å². The molecule has 8 bridgehead atoms. The Balaban J connectivity index is 2.02. The molecule has 0 heterocycles. The van der Waals surface area contributed by atoms with E-state index >= 15 is 0 Å². The SMILES string of the molecule is C=CCOc1c2cc(C(C)(C)C)cc1Cc1cc(C(C)(C)C)cc(c1OCCCC)Cc1cc(C(C)(C)C)cc(c1OCC=C)Cc1cc(C(C)(C)C)cc(c1OCCCC)C2. The van der Waals surface area contributed by atoms with Crippen molar-refractivity contribution in [3.05, 3.63) is 141 Å². The third-order valence-corrected chi connectivity index (χ3v) is 12.1. The van der Waals surface area contributed by atoms with E-state index in [2.05, 4.69) is 159 Å². The predicted octanol–water partition coefficient (Wildman–Crippen LogP) is 15.0. The second-order valence-electron chi connectivity index (χ2n) is 21.8. The van der Waals surface area contributed by atoms with Crippen molar-refractivity contribution in [1.82, 2.24) is 0 Å². The van der Waals surface area contributed by atoms with E-state index in [-0.39, 0.29) is 21.7 Å². The van der Waals surface area contributed by atoms with Crippen LogP contribution in [-0.4, -0.2) is 26.4 Å². The molecule has 0 aromatic heterocycles. The summed E-state index contributed by atoms with van der Waals surface area (Å²) >= 11 is 0. The van der Waals surface area contributed by atoms with E-state index in [1.54, 1.807) is 0 Å². The average Bonchev–Trinajstić information content (AvgIpc) is 3.17. The largest absolute Gasteiger partial charge is 0.493 e. The maximum atomic E-state index is 7.01. The monoisotopic (exact) mass is 841 g/mol. The molecule has 0 aliphatic heterocycles. The minimum atomic E-state index is -0.103. The molecule has 0 saturated heterocycles. The van der Waals surface area contributed by atoms with Gasteiger partial charge in [-0.25, -0.2) is 0 Å². The van der Waals surface area contributed by atoms with Crippen LogP contribution in [-0.2, 0) is 47.3 Å². The highest BCUT2D eigenvalue weighted by molar-refractivity contribution is 5.60. The lowest BCUT2D eigenvalue weighted by Crippen LogP contribution is -2.18. The molecule has 0 atom stereocenters. The zero-order chi connectivity index (χ0) is 45.6. The predicted molar refractivity (Wildman–Crippen MR) is 264 cm³/mol. The van der Waals surface area contributed by atoms with Crippen LogP contribution in [0, 0.1) is 0 Å². The quantitative estimate of drug-likeness (QED) is 0.0824. The summed E-state index contributed by atoms with van der Waals surface area (Å²) in [4.78, 5) is 0. The van der Waals surface area contributed by atoms with Gasteiger partial charge in [0.15, 0.2) is 0 Å². The number of fused-ring (bicyclic) bond motifs is 8. The van der Waals surface area contributed by atoms with E-state index in [9.17, 15) is 0 Å². The first kappa shape index (κ1) is 48.6. The van der Waals surface area contributed by atoms with Crippen LogP contribution >= 0.6 is 0 Å². The second-order valence-corrected chi connectivity index (χ2v) is 21.8. The number of benzene rings is 4. The maximum Gasteiger partial charge on any atom is 0.126 e. The molecule has 4 aromatic rings. The van der Waals surface area contributed by atoms with Gasteiger partial charge in [0.1, 0.15) is 36.2 Å². The zero-order valence-corrected chi connectivity index (χ0v) is 41.3. The van der Waals surface area contributed by atoms with Crippen LogP contribution < -0.4 is 18.9 Å². The normalized spacial score (nSPS) is 13.4. The average molecular weight is 841 g/mol. The van der Waals surface area contributed by atoms with Crippen LogP contribution in [0.1, 0.15) is 189 Å². The van der Waals surface area contributed by atoms with Crippen molar-refractivity contribution in [3.63, 3.8) is 0 Å². The van der Waals surface area contributed by atoms with Gasteiger partial charge in [0.25, 0.3) is 0 Å². The lowest BCUT2D eigenvalue weighted by molar-refractivity contribution is 0.302. The van der Waals surface area contributed by atoms with E-state index in [4.69, 9.17) is 18.9 Å². The Morgan fingerprint density at radius 3 is 0.774 bits per heavy atom. The molecule has 1 aliphatic carbocycles. The van der Waals surface area contributed by atoms with Crippen molar-refractivity contribution < 1.29 is 18.9 Å². The highest BCUT2D eigenvalue weighted by Gasteiger charge is 2.29. The molecule has 4 aromatic carbocycles. The zero-order valence-electron chi connectivity index (χ0n) is 41.3. The summed E-state index contributed by atoms with van der Waals surface area (Å²) in [7, 11) is 0. The number of rotatable bonds is 14. The summed E-state index contributed by atoms with van der Waals surface area (Å²) in [5, 5.41) is 0. The van der Waals surface area contributed by atoms with Gasteiger partial charge in [-0.3, -0.25) is 0 Å². The molecule has 0 spiro atoms. The fraction of sp³-hybridized carbons (Fsp3) is 0.517. The van der Waals surface area contributed by atoms with Crippen molar-refractivity contribution in [2.45, 2.75) is 170 Å². The van der Waals surface area contributed by atoms with Gasteiger partial charge in [0.05, 0.1) is 13.2 Å². The molecule has 4 heteroatoms. The molecule has 0 amide bonds. The Kier molecular flexibility index (Phi) is 15.6. The fourth-order valence-corrected chi connectivity index (χ4v) is 8.28. The minimum absolute atomic E-state index is 0.102. The van der Waals surface area contributed by atoms with Crippen LogP contribution in [0.4, 0.5) is 0 Å². The fourth-order valence-electron chi connectivity index (χ4n) is 8.28. The van der Waals surface area contributed by atoms with Crippen LogP contribution in [0.15, 0.2) is 73.8 Å². The van der Waals surface area contributed by atoms with Crippen molar-refractivity contribution in [3.8, 4) is 23.0 Å². The van der Waals surface area contributed by atoms with Gasteiger partial charge in [-0.15, -0.1) is 0 Å². The van der Waals surface area contributed by atoms with Gasteiger partial charge in [-0.1, -0.05) is 184 Å². The molecule has 4 nitrogen and oxygen atoms in total. The summed E-state index contributed by atoms with van der Waals surface area (Å²) in [5.41, 5.74) is 14.1. The molecule has 0 unspecified atom stereocenters. The Hall–Kier alpha value is -4.44. The van der Waals surface area contributed by atoms with Gasteiger partial charge in [-0.05, 0) is 101 Å². The van der Waals surface area contributed by atoms with Crippen molar-refractivity contribution in [2.24, 2.45) is 0 Å². The second kappa shape index (κ2) is 19.9. The lowest BCUT2D eigenvalue weighted by atomic mass is 9.79. The molecule has 0 radical (unpaired) electrons. The van der Waals surface area contributed by atoms with Gasteiger partial charge in [0, 0.05) is 25.7 Å². The highest BCUT2D eigenvalue weighted by atomic mass is 16.5. The highest BCUT2D eigenvalue weighted by Crippen LogP contribution is 2.44. The first-order valence-electron chi connectivity index (χ1n) is 23.5. The number of hydrogen-bond acceptors (Lipinski definition) is 4. The molecule has 0 saturated carbocycles. The summed E-state index contributed by atoms with van der Waals surface area (Å²) in [6.45, 7) is 42.5. The minimum Gasteiger partial charge on any atom is -0.493 e. The van der Waals surface area contributed by atoms with E-state index in [1.165, 1.54) is 44.5 Å². The molecule has 1 aliphatic rings. The van der Waals surface area contributed by atoms with Crippen molar-refractivity contribution in [2.75, 3.05) is 26.4 Å². The van der Waals surface area contributed by atoms with Gasteiger partial charge >= 0.3 is 0 Å². The number of hydrogen-bond donors (Lipinski definition) is 0. The molecule has 0 N–H and O–H groups in total. The van der Waals surface area contributed by atoms with Gasteiger partial charge in [-0.2, -0.15) is 0 Å². The van der Waals surface area contributed by atoms with Crippen LogP contribution in [0.25, 0.3) is 0 Å². The third kappa shape index (κ3) is 12.0. The van der Waals surface area contributed by atoms with Crippen molar-refractivity contribution >= 4 is 0 Å². The third-order valence-electron chi connectivity index (χ3n) is 12.1. The molecule has 0 fully saturated rings. The standard InChI is InChI=1S/C58H80O4/c1-17-21-25-61-53-43-27-39-31-47(55(5,6)7)33-41(51(39)59-23-19-3)29-45-37-50(58(14,15)16)38-46(54(45)62-26-22-18-2)30-42-34-48(56(8,9)10)32-40(52(42)60-24-20-4)28-44(53)36-49(35-43)57(11,12)13/h19-20,31-38H,3-4,17-18,21-30H2,1-2,5-16H3. The summed E-state index contributed by atoms with van der Waals surface area (Å²) < 4.78 is 27.7. The first-order chi connectivity index (χ1) is 29.1. The summed E-state index contributed by atoms with van der Waals surface area (Å²) in [6.07, 6.45) is 10.4. The Morgan fingerprint density at radius 1 is 0.387 bits per heavy atom. The molecule has 62 heavy (non-hydrogen) atoms. The first-order valence-corrected chi connectivity index (χ1v) is 23.5. The Labute approximate surface area is 377 Å². The van der Waals surface area contributed by atoms with Gasteiger partial charge < -0.3 is 18.9 Å².